The number of carbonyl (C=O) groups excluding carboxylic acids is 1. The van der Waals surface area contributed by atoms with Gasteiger partial charge in [-0.1, -0.05) is 0 Å². The first-order chi connectivity index (χ1) is 11.0. The number of hydrogen-bond acceptors (Lipinski definition) is 5. The summed E-state index contributed by atoms with van der Waals surface area (Å²) in [6.45, 7) is 2.28. The van der Waals surface area contributed by atoms with Gasteiger partial charge in [-0.15, -0.1) is 11.3 Å². The van der Waals surface area contributed by atoms with Crippen LogP contribution in [-0.2, 0) is 22.5 Å². The number of amides is 1. The van der Waals surface area contributed by atoms with Gasteiger partial charge >= 0.3 is 5.97 Å². The number of ether oxygens (including phenoxy) is 1. The number of thiophene rings is 1. The topological polar surface area (TPSA) is 78.9 Å². The van der Waals surface area contributed by atoms with Gasteiger partial charge in [-0.2, -0.15) is 0 Å². The Labute approximate surface area is 139 Å². The summed E-state index contributed by atoms with van der Waals surface area (Å²) in [7, 11) is 2.02. The molecule has 6 nitrogen and oxygen atoms in total. The van der Waals surface area contributed by atoms with Crippen molar-refractivity contribution in [2.45, 2.75) is 44.8 Å². The highest BCUT2D eigenvalue weighted by molar-refractivity contribution is 7.17. The third-order valence-corrected chi connectivity index (χ3v) is 5.53. The van der Waals surface area contributed by atoms with E-state index < -0.39 is 5.97 Å². The van der Waals surface area contributed by atoms with Crippen molar-refractivity contribution in [3.05, 3.63) is 16.0 Å². The van der Waals surface area contributed by atoms with Gasteiger partial charge in [-0.3, -0.25) is 4.79 Å². The van der Waals surface area contributed by atoms with Gasteiger partial charge in [0.05, 0.1) is 18.1 Å². The zero-order chi connectivity index (χ0) is 16.4. The Bertz CT molecular complexity index is 607. The highest BCUT2D eigenvalue weighted by Gasteiger charge is 2.28. The van der Waals surface area contributed by atoms with Crippen molar-refractivity contribution in [2.24, 2.45) is 0 Å². The summed E-state index contributed by atoms with van der Waals surface area (Å²) in [5.41, 5.74) is 1.15. The normalized spacial score (nSPS) is 21.7. The first kappa shape index (κ1) is 16.4. The van der Waals surface area contributed by atoms with E-state index in [0.29, 0.717) is 24.4 Å². The van der Waals surface area contributed by atoms with Crippen molar-refractivity contribution in [1.82, 2.24) is 4.90 Å². The molecule has 3 heterocycles. The molecule has 126 valence electrons. The molecule has 3 rings (SSSR count). The van der Waals surface area contributed by atoms with Crippen LogP contribution in [0.2, 0.25) is 0 Å². The van der Waals surface area contributed by atoms with Crippen LogP contribution in [0.3, 0.4) is 0 Å². The van der Waals surface area contributed by atoms with Gasteiger partial charge in [0.1, 0.15) is 5.00 Å². The fourth-order valence-corrected chi connectivity index (χ4v) is 4.53. The highest BCUT2D eigenvalue weighted by Crippen LogP contribution is 2.37. The maximum atomic E-state index is 12.2. The Hall–Kier alpha value is -1.44. The average Bonchev–Trinajstić information content (AvgIpc) is 2.84. The summed E-state index contributed by atoms with van der Waals surface area (Å²) in [6, 6.07) is 0. The predicted octanol–water partition coefficient (Wildman–Crippen LogP) is 2.33. The lowest BCUT2D eigenvalue weighted by atomic mass is 10.0. The fourth-order valence-electron chi connectivity index (χ4n) is 3.20. The van der Waals surface area contributed by atoms with Crippen LogP contribution in [0.25, 0.3) is 0 Å². The van der Waals surface area contributed by atoms with Crippen LogP contribution in [0.15, 0.2) is 0 Å². The van der Waals surface area contributed by atoms with E-state index in [4.69, 9.17) is 4.74 Å². The molecule has 23 heavy (non-hydrogen) atoms. The lowest BCUT2D eigenvalue weighted by molar-refractivity contribution is -0.119. The number of rotatable bonds is 4. The van der Waals surface area contributed by atoms with Crippen LogP contribution in [-0.4, -0.2) is 48.2 Å². The molecule has 0 saturated carbocycles. The number of likely N-dealkylation sites (N-methyl/N-ethyl adjacent to an activating group) is 1. The van der Waals surface area contributed by atoms with Crippen molar-refractivity contribution < 1.29 is 19.4 Å². The van der Waals surface area contributed by atoms with Crippen LogP contribution < -0.4 is 5.32 Å². The molecule has 1 unspecified atom stereocenters. The Balaban J connectivity index is 1.74. The molecular weight excluding hydrogens is 316 g/mol. The van der Waals surface area contributed by atoms with E-state index in [-0.39, 0.29) is 17.6 Å². The van der Waals surface area contributed by atoms with Gasteiger partial charge in [0, 0.05) is 24.6 Å². The van der Waals surface area contributed by atoms with Gasteiger partial charge in [0.2, 0.25) is 5.91 Å². The summed E-state index contributed by atoms with van der Waals surface area (Å²) >= 11 is 1.39. The molecule has 1 amide bonds. The second kappa shape index (κ2) is 6.98. The predicted molar refractivity (Wildman–Crippen MR) is 88.2 cm³/mol. The molecule has 1 fully saturated rings. The van der Waals surface area contributed by atoms with Crippen molar-refractivity contribution >= 4 is 28.2 Å². The number of nitrogens with zero attached hydrogens (tertiary/aromatic N) is 1. The van der Waals surface area contributed by atoms with Crippen LogP contribution in [0.1, 0.15) is 46.5 Å². The molecule has 1 saturated heterocycles. The Morgan fingerprint density at radius 2 is 2.26 bits per heavy atom. The van der Waals surface area contributed by atoms with Crippen LogP contribution in [0.5, 0.6) is 0 Å². The third kappa shape index (κ3) is 3.73. The highest BCUT2D eigenvalue weighted by atomic mass is 32.1. The monoisotopic (exact) mass is 338 g/mol. The van der Waals surface area contributed by atoms with Gasteiger partial charge in [-0.25, -0.2) is 4.79 Å². The van der Waals surface area contributed by atoms with Gasteiger partial charge in [0.15, 0.2) is 0 Å². The molecule has 2 aliphatic heterocycles. The molecule has 0 aromatic carbocycles. The molecule has 1 aromatic heterocycles. The molecular formula is C16H22N2O4S. The average molecular weight is 338 g/mol. The standard InChI is InChI=1S/C16H22N2O4S/c1-18-6-5-11-12(9-18)23-15(14(11)16(20)21)17-13(19)8-10-4-2-3-7-22-10/h10H,2-9H2,1H3,(H,17,19)(H,20,21). The first-order valence-electron chi connectivity index (χ1n) is 8.02. The second-order valence-corrected chi connectivity index (χ2v) is 7.35. The largest absolute Gasteiger partial charge is 0.478 e. The van der Waals surface area contributed by atoms with E-state index in [2.05, 4.69) is 10.2 Å². The molecule has 2 N–H and O–H groups in total. The lowest BCUT2D eigenvalue weighted by Crippen LogP contribution is -2.26. The van der Waals surface area contributed by atoms with E-state index in [1.807, 2.05) is 7.05 Å². The molecule has 2 aliphatic rings. The number of carbonyl (C=O) groups is 2. The first-order valence-corrected chi connectivity index (χ1v) is 8.84. The van der Waals surface area contributed by atoms with Crippen LogP contribution >= 0.6 is 11.3 Å². The Morgan fingerprint density at radius 3 is 2.96 bits per heavy atom. The van der Waals surface area contributed by atoms with Gasteiger partial charge in [0.25, 0.3) is 0 Å². The van der Waals surface area contributed by atoms with E-state index in [1.54, 1.807) is 0 Å². The SMILES string of the molecule is CN1CCc2c(sc(NC(=O)CC3CCCCO3)c2C(=O)O)C1. The van der Waals surface area contributed by atoms with E-state index in [9.17, 15) is 14.7 Å². The number of anilines is 1. The summed E-state index contributed by atoms with van der Waals surface area (Å²) in [5.74, 6) is -1.12. The molecule has 1 aromatic rings. The maximum absolute atomic E-state index is 12.2. The number of carboxylic acid groups (broad SMARTS) is 1. The molecule has 1 atom stereocenters. The van der Waals surface area contributed by atoms with E-state index in [1.165, 1.54) is 11.3 Å². The van der Waals surface area contributed by atoms with E-state index in [0.717, 1.165) is 42.8 Å². The quantitative estimate of drug-likeness (QED) is 0.881. The van der Waals surface area contributed by atoms with Gasteiger partial charge in [-0.05, 0) is 38.3 Å². The van der Waals surface area contributed by atoms with Crippen molar-refractivity contribution in [1.29, 1.82) is 0 Å². The minimum absolute atomic E-state index is 0.0438. The summed E-state index contributed by atoms with van der Waals surface area (Å²) in [5, 5.41) is 12.8. The zero-order valence-electron chi connectivity index (χ0n) is 13.3. The minimum Gasteiger partial charge on any atom is -0.478 e. The van der Waals surface area contributed by atoms with Gasteiger partial charge < -0.3 is 20.1 Å². The second-order valence-electron chi connectivity index (χ2n) is 6.24. The summed E-state index contributed by atoms with van der Waals surface area (Å²) in [4.78, 5) is 27.1. The third-order valence-electron chi connectivity index (χ3n) is 4.40. The fraction of sp³-hybridized carbons (Fsp3) is 0.625. The van der Waals surface area contributed by atoms with Crippen molar-refractivity contribution in [3.8, 4) is 0 Å². The lowest BCUT2D eigenvalue weighted by Gasteiger charge is -2.22. The molecule has 0 radical (unpaired) electrons. The number of carboxylic acids is 1. The zero-order valence-corrected chi connectivity index (χ0v) is 14.1. The van der Waals surface area contributed by atoms with Crippen molar-refractivity contribution in [3.63, 3.8) is 0 Å². The maximum Gasteiger partial charge on any atom is 0.339 e. The van der Waals surface area contributed by atoms with Crippen LogP contribution in [0.4, 0.5) is 5.00 Å². The number of aromatic carboxylic acids is 1. The Morgan fingerprint density at radius 1 is 1.43 bits per heavy atom. The number of nitrogens with one attached hydrogen (secondary N) is 1. The smallest absolute Gasteiger partial charge is 0.339 e. The summed E-state index contributed by atoms with van der Waals surface area (Å²) < 4.78 is 5.58. The Kier molecular flexibility index (Phi) is 4.99. The van der Waals surface area contributed by atoms with Crippen LogP contribution in [0, 0.1) is 0 Å². The van der Waals surface area contributed by atoms with E-state index >= 15 is 0 Å². The molecule has 0 aliphatic carbocycles. The minimum atomic E-state index is -0.962. The molecule has 0 spiro atoms. The number of fused-ring (bicyclic) bond motifs is 1. The van der Waals surface area contributed by atoms with Crippen molar-refractivity contribution in [2.75, 3.05) is 25.5 Å². The number of hydrogen-bond donors (Lipinski definition) is 2. The molecule has 7 heteroatoms. The molecule has 0 bridgehead atoms. The summed E-state index contributed by atoms with van der Waals surface area (Å²) in [6.07, 6.45) is 3.99.